The number of nitrogens with one attached hydrogen (secondary N) is 2. The van der Waals surface area contributed by atoms with Gasteiger partial charge in [0.05, 0.1) is 30.7 Å². The zero-order valence-corrected chi connectivity index (χ0v) is 15.9. The van der Waals surface area contributed by atoms with E-state index in [2.05, 4.69) is 10.6 Å². The molecule has 0 atom stereocenters. The highest BCUT2D eigenvalue weighted by Gasteiger charge is 2.14. The number of nitriles is 1. The molecule has 0 spiro atoms. The Morgan fingerprint density at radius 1 is 1.18 bits per heavy atom. The Labute approximate surface area is 163 Å². The summed E-state index contributed by atoms with van der Waals surface area (Å²) >= 11 is 0. The molecule has 2 N–H and O–H groups in total. The molecule has 7 nitrogen and oxygen atoms in total. The summed E-state index contributed by atoms with van der Waals surface area (Å²) in [5.74, 6) is -0.615. The van der Waals surface area contributed by atoms with Gasteiger partial charge in [-0.05, 0) is 43.7 Å². The van der Waals surface area contributed by atoms with Crippen LogP contribution in [0.3, 0.4) is 0 Å². The van der Waals surface area contributed by atoms with E-state index in [0.29, 0.717) is 22.7 Å². The highest BCUT2D eigenvalue weighted by Crippen LogP contribution is 2.25. The van der Waals surface area contributed by atoms with Crippen LogP contribution in [0.15, 0.2) is 54.2 Å². The van der Waals surface area contributed by atoms with Crippen molar-refractivity contribution < 1.29 is 19.1 Å². The Kier molecular flexibility index (Phi) is 7.17. The number of benzene rings is 2. The van der Waals surface area contributed by atoms with Gasteiger partial charge in [0.1, 0.15) is 17.4 Å². The van der Waals surface area contributed by atoms with Gasteiger partial charge in [0.25, 0.3) is 5.91 Å². The average Bonchev–Trinajstić information content (AvgIpc) is 2.69. The molecule has 7 heteroatoms. The molecule has 0 unspecified atom stereocenters. The van der Waals surface area contributed by atoms with Gasteiger partial charge in [0.15, 0.2) is 0 Å². The molecule has 2 rings (SSSR count). The van der Waals surface area contributed by atoms with E-state index in [1.54, 1.807) is 43.3 Å². The molecule has 2 aromatic rings. The molecule has 0 radical (unpaired) electrons. The number of amides is 1. The summed E-state index contributed by atoms with van der Waals surface area (Å²) in [6.45, 7) is 3.84. The number of rotatable bonds is 7. The standard InChI is InChI=1S/C21H21N3O4/c1-4-28-21(26)16-7-5-6-8-17(16)23-13-15(12-22)20(25)24-18-11-14(2)9-10-19(18)27-3/h5-11,13,23H,4H2,1-3H3,(H,24,25)/b15-13-. The number of methoxy groups -OCH3 is 1. The van der Waals surface area contributed by atoms with Crippen LogP contribution in [0.2, 0.25) is 0 Å². The molecule has 0 aliphatic rings. The Balaban J connectivity index is 2.21. The monoisotopic (exact) mass is 379 g/mol. The second-order valence-electron chi connectivity index (χ2n) is 5.74. The molecular weight excluding hydrogens is 358 g/mol. The Morgan fingerprint density at radius 3 is 2.61 bits per heavy atom. The van der Waals surface area contributed by atoms with Crippen molar-refractivity contribution in [2.45, 2.75) is 13.8 Å². The van der Waals surface area contributed by atoms with Crippen molar-refractivity contribution in [2.75, 3.05) is 24.4 Å². The summed E-state index contributed by atoms with van der Waals surface area (Å²) < 4.78 is 10.2. The Morgan fingerprint density at radius 2 is 1.93 bits per heavy atom. The fourth-order valence-electron chi connectivity index (χ4n) is 2.40. The van der Waals surface area contributed by atoms with E-state index in [4.69, 9.17) is 9.47 Å². The zero-order chi connectivity index (χ0) is 20.5. The lowest BCUT2D eigenvalue weighted by molar-refractivity contribution is -0.112. The number of carbonyl (C=O) groups excluding carboxylic acids is 2. The number of para-hydroxylation sites is 1. The van der Waals surface area contributed by atoms with Gasteiger partial charge in [-0.2, -0.15) is 5.26 Å². The third kappa shape index (κ3) is 5.11. The predicted octanol–water partition coefficient (Wildman–Crippen LogP) is 3.64. The smallest absolute Gasteiger partial charge is 0.340 e. The van der Waals surface area contributed by atoms with E-state index in [-0.39, 0.29) is 12.2 Å². The Bertz CT molecular complexity index is 945. The molecule has 2 aromatic carbocycles. The lowest BCUT2D eigenvalue weighted by atomic mass is 10.1. The summed E-state index contributed by atoms with van der Waals surface area (Å²) in [7, 11) is 1.50. The quantitative estimate of drug-likeness (QED) is 0.433. The normalized spacial score (nSPS) is 10.6. The first-order valence-corrected chi connectivity index (χ1v) is 8.59. The molecule has 0 aliphatic heterocycles. The predicted molar refractivity (Wildman–Crippen MR) is 106 cm³/mol. The topological polar surface area (TPSA) is 100 Å². The van der Waals surface area contributed by atoms with Crippen LogP contribution in [0, 0.1) is 18.3 Å². The van der Waals surface area contributed by atoms with Gasteiger partial charge in [0.2, 0.25) is 0 Å². The van der Waals surface area contributed by atoms with Crippen molar-refractivity contribution in [3.05, 3.63) is 65.4 Å². The highest BCUT2D eigenvalue weighted by atomic mass is 16.5. The van der Waals surface area contributed by atoms with Crippen molar-refractivity contribution >= 4 is 23.3 Å². The van der Waals surface area contributed by atoms with Crippen LogP contribution >= 0.6 is 0 Å². The van der Waals surface area contributed by atoms with Crippen LogP contribution in [-0.4, -0.2) is 25.6 Å². The highest BCUT2D eigenvalue weighted by molar-refractivity contribution is 6.07. The van der Waals surface area contributed by atoms with Crippen molar-refractivity contribution in [1.29, 1.82) is 5.26 Å². The molecule has 28 heavy (non-hydrogen) atoms. The maximum absolute atomic E-state index is 12.5. The molecule has 144 valence electrons. The van der Waals surface area contributed by atoms with Gasteiger partial charge in [0, 0.05) is 6.20 Å². The van der Waals surface area contributed by atoms with Crippen LogP contribution in [0.5, 0.6) is 5.75 Å². The third-order valence-corrected chi connectivity index (χ3v) is 3.76. The van der Waals surface area contributed by atoms with Crippen molar-refractivity contribution in [3.8, 4) is 11.8 Å². The number of hydrogen-bond acceptors (Lipinski definition) is 6. The summed E-state index contributed by atoms with van der Waals surface area (Å²) in [5.41, 5.74) is 1.95. The fourth-order valence-corrected chi connectivity index (χ4v) is 2.40. The number of carbonyl (C=O) groups is 2. The largest absolute Gasteiger partial charge is 0.495 e. The SMILES string of the molecule is CCOC(=O)c1ccccc1N/C=C(/C#N)C(=O)Nc1cc(C)ccc1OC. The minimum atomic E-state index is -0.604. The number of esters is 1. The van der Waals surface area contributed by atoms with E-state index in [9.17, 15) is 14.9 Å². The van der Waals surface area contributed by atoms with Crippen LogP contribution in [-0.2, 0) is 9.53 Å². The van der Waals surface area contributed by atoms with Crippen molar-refractivity contribution in [2.24, 2.45) is 0 Å². The van der Waals surface area contributed by atoms with Crippen molar-refractivity contribution in [3.63, 3.8) is 0 Å². The summed E-state index contributed by atoms with van der Waals surface area (Å²) in [6, 6.07) is 13.8. The van der Waals surface area contributed by atoms with Gasteiger partial charge >= 0.3 is 5.97 Å². The third-order valence-electron chi connectivity index (χ3n) is 3.76. The summed E-state index contributed by atoms with van der Waals surface area (Å²) in [6.07, 6.45) is 1.25. The molecule has 0 bridgehead atoms. The molecular formula is C21H21N3O4. The fraction of sp³-hybridized carbons (Fsp3) is 0.190. The van der Waals surface area contributed by atoms with Crippen LogP contribution in [0.25, 0.3) is 0 Å². The van der Waals surface area contributed by atoms with E-state index >= 15 is 0 Å². The van der Waals surface area contributed by atoms with E-state index in [1.807, 2.05) is 19.1 Å². The average molecular weight is 379 g/mol. The molecule has 0 saturated heterocycles. The molecule has 0 heterocycles. The molecule has 0 saturated carbocycles. The summed E-state index contributed by atoms with van der Waals surface area (Å²) in [5, 5.41) is 14.8. The van der Waals surface area contributed by atoms with E-state index in [0.717, 1.165) is 5.56 Å². The van der Waals surface area contributed by atoms with Gasteiger partial charge in [-0.25, -0.2) is 4.79 Å². The number of nitrogens with zero attached hydrogens (tertiary/aromatic N) is 1. The molecule has 1 amide bonds. The molecule has 0 aromatic heterocycles. The van der Waals surface area contributed by atoms with Crippen LogP contribution < -0.4 is 15.4 Å². The van der Waals surface area contributed by atoms with Gasteiger partial charge in [-0.15, -0.1) is 0 Å². The van der Waals surface area contributed by atoms with Crippen LogP contribution in [0.1, 0.15) is 22.8 Å². The lowest BCUT2D eigenvalue weighted by Gasteiger charge is -2.11. The minimum absolute atomic E-state index is 0.165. The lowest BCUT2D eigenvalue weighted by Crippen LogP contribution is -2.15. The first-order chi connectivity index (χ1) is 13.5. The maximum atomic E-state index is 12.5. The number of hydrogen-bond donors (Lipinski definition) is 2. The van der Waals surface area contributed by atoms with E-state index < -0.39 is 11.9 Å². The first-order valence-electron chi connectivity index (χ1n) is 8.59. The summed E-state index contributed by atoms with van der Waals surface area (Å²) in [4.78, 5) is 24.5. The number of ether oxygens (including phenoxy) is 2. The Hall–Kier alpha value is -3.79. The van der Waals surface area contributed by atoms with Gasteiger partial charge in [-0.1, -0.05) is 18.2 Å². The van der Waals surface area contributed by atoms with Crippen molar-refractivity contribution in [1.82, 2.24) is 0 Å². The van der Waals surface area contributed by atoms with E-state index in [1.165, 1.54) is 13.3 Å². The van der Waals surface area contributed by atoms with Gasteiger partial charge < -0.3 is 20.1 Å². The molecule has 0 aliphatic carbocycles. The number of anilines is 2. The van der Waals surface area contributed by atoms with Gasteiger partial charge in [-0.3, -0.25) is 4.79 Å². The maximum Gasteiger partial charge on any atom is 0.340 e. The number of aryl methyl sites for hydroxylation is 1. The second-order valence-corrected chi connectivity index (χ2v) is 5.74. The first kappa shape index (κ1) is 20.5. The van der Waals surface area contributed by atoms with Crippen LogP contribution in [0.4, 0.5) is 11.4 Å². The minimum Gasteiger partial charge on any atom is -0.495 e. The zero-order valence-electron chi connectivity index (χ0n) is 15.9. The molecule has 0 fully saturated rings. The second kappa shape index (κ2) is 9.78.